The molecule has 0 fully saturated rings. The number of nitrogens with two attached hydrogens (primary N) is 1. The van der Waals surface area contributed by atoms with Gasteiger partial charge in [-0.25, -0.2) is 0 Å². The van der Waals surface area contributed by atoms with Crippen LogP contribution in [0.5, 0.6) is 11.5 Å². The molecule has 0 heterocycles. The van der Waals surface area contributed by atoms with Gasteiger partial charge >= 0.3 is 0 Å². The van der Waals surface area contributed by atoms with Gasteiger partial charge in [0.1, 0.15) is 11.5 Å². The van der Waals surface area contributed by atoms with Crippen molar-refractivity contribution in [3.05, 3.63) is 23.3 Å². The van der Waals surface area contributed by atoms with Gasteiger partial charge in [-0.15, -0.1) is 0 Å². The standard InChI is InChI=1S/C17H29NO2/c1-5-6-7-8-9-14-11-17(20-4)15(10-13(2)18)12-16(14)19-3/h11-13H,5-10,18H2,1-4H3/t13-/m0/s1. The van der Waals surface area contributed by atoms with Crippen LogP contribution in [0.2, 0.25) is 0 Å². The summed E-state index contributed by atoms with van der Waals surface area (Å²) < 4.78 is 11.0. The monoisotopic (exact) mass is 279 g/mol. The number of ether oxygens (including phenoxy) is 2. The van der Waals surface area contributed by atoms with Crippen LogP contribution >= 0.6 is 0 Å². The minimum atomic E-state index is 0.115. The first-order chi connectivity index (χ1) is 9.62. The maximum atomic E-state index is 5.89. The fourth-order valence-electron chi connectivity index (χ4n) is 2.47. The second-order valence-electron chi connectivity index (χ2n) is 5.47. The zero-order valence-electron chi connectivity index (χ0n) is 13.4. The second-order valence-corrected chi connectivity index (χ2v) is 5.47. The van der Waals surface area contributed by atoms with E-state index in [9.17, 15) is 0 Å². The highest BCUT2D eigenvalue weighted by Crippen LogP contribution is 2.30. The van der Waals surface area contributed by atoms with E-state index < -0.39 is 0 Å². The average molecular weight is 279 g/mol. The summed E-state index contributed by atoms with van der Waals surface area (Å²) in [5.74, 6) is 1.88. The van der Waals surface area contributed by atoms with Crippen LogP contribution in [-0.4, -0.2) is 20.3 Å². The summed E-state index contributed by atoms with van der Waals surface area (Å²) in [6, 6.07) is 4.31. The number of hydrogen-bond acceptors (Lipinski definition) is 3. The molecule has 0 unspecified atom stereocenters. The minimum Gasteiger partial charge on any atom is -0.496 e. The molecular weight excluding hydrogens is 250 g/mol. The molecule has 1 rings (SSSR count). The quantitative estimate of drug-likeness (QED) is 0.701. The van der Waals surface area contributed by atoms with Gasteiger partial charge in [0, 0.05) is 6.04 Å². The topological polar surface area (TPSA) is 44.5 Å². The van der Waals surface area contributed by atoms with Crippen LogP contribution in [0.4, 0.5) is 0 Å². The molecule has 3 heteroatoms. The van der Waals surface area contributed by atoms with Crippen LogP contribution in [0, 0.1) is 0 Å². The van der Waals surface area contributed by atoms with Gasteiger partial charge in [-0.05, 0) is 49.4 Å². The van der Waals surface area contributed by atoms with Crippen LogP contribution in [0.3, 0.4) is 0 Å². The molecule has 0 bridgehead atoms. The average Bonchev–Trinajstić information content (AvgIpc) is 2.43. The molecular formula is C17H29NO2. The molecule has 3 nitrogen and oxygen atoms in total. The highest BCUT2D eigenvalue weighted by molar-refractivity contribution is 5.47. The third-order valence-electron chi connectivity index (χ3n) is 3.53. The first-order valence-corrected chi connectivity index (χ1v) is 7.61. The molecule has 0 radical (unpaired) electrons. The molecule has 1 atom stereocenters. The summed E-state index contributed by atoms with van der Waals surface area (Å²) >= 11 is 0. The molecule has 2 N–H and O–H groups in total. The fourth-order valence-corrected chi connectivity index (χ4v) is 2.47. The third kappa shape index (κ3) is 5.04. The Morgan fingerprint density at radius 1 is 1.00 bits per heavy atom. The molecule has 1 aromatic carbocycles. The molecule has 0 aliphatic carbocycles. The summed E-state index contributed by atoms with van der Waals surface area (Å²) in [5, 5.41) is 0. The fraction of sp³-hybridized carbons (Fsp3) is 0.647. The summed E-state index contributed by atoms with van der Waals surface area (Å²) in [6.45, 7) is 4.23. The molecule has 0 spiro atoms. The van der Waals surface area contributed by atoms with E-state index in [-0.39, 0.29) is 6.04 Å². The lowest BCUT2D eigenvalue weighted by atomic mass is 9.99. The van der Waals surface area contributed by atoms with Crippen LogP contribution in [0.15, 0.2) is 12.1 Å². The Hall–Kier alpha value is -1.22. The summed E-state index contributed by atoms with van der Waals surface area (Å²) in [4.78, 5) is 0. The predicted octanol–water partition coefficient (Wildman–Crippen LogP) is 3.72. The Labute approximate surface area is 123 Å². The van der Waals surface area contributed by atoms with Gasteiger partial charge in [-0.1, -0.05) is 26.2 Å². The van der Waals surface area contributed by atoms with Crippen molar-refractivity contribution < 1.29 is 9.47 Å². The van der Waals surface area contributed by atoms with Crippen molar-refractivity contribution in [1.82, 2.24) is 0 Å². The SMILES string of the molecule is CCCCCCc1cc(OC)c(C[C@H](C)N)cc1OC. The molecule has 0 aliphatic heterocycles. The van der Waals surface area contributed by atoms with Crippen molar-refractivity contribution in [3.63, 3.8) is 0 Å². The Bertz CT molecular complexity index is 402. The first-order valence-electron chi connectivity index (χ1n) is 7.61. The maximum absolute atomic E-state index is 5.89. The van der Waals surface area contributed by atoms with E-state index >= 15 is 0 Å². The number of unbranched alkanes of at least 4 members (excludes halogenated alkanes) is 3. The number of aryl methyl sites for hydroxylation is 1. The predicted molar refractivity (Wildman–Crippen MR) is 84.7 cm³/mol. The van der Waals surface area contributed by atoms with Gasteiger partial charge in [-0.2, -0.15) is 0 Å². The number of methoxy groups -OCH3 is 2. The van der Waals surface area contributed by atoms with E-state index in [1.54, 1.807) is 14.2 Å². The summed E-state index contributed by atoms with van der Waals surface area (Å²) in [5.41, 5.74) is 8.25. The van der Waals surface area contributed by atoms with Gasteiger partial charge in [-0.3, -0.25) is 0 Å². The lowest BCUT2D eigenvalue weighted by Gasteiger charge is -2.16. The molecule has 0 aromatic heterocycles. The van der Waals surface area contributed by atoms with Gasteiger partial charge in [0.15, 0.2) is 0 Å². The van der Waals surface area contributed by atoms with E-state index in [4.69, 9.17) is 15.2 Å². The lowest BCUT2D eigenvalue weighted by Crippen LogP contribution is -2.18. The highest BCUT2D eigenvalue weighted by Gasteiger charge is 2.12. The smallest absolute Gasteiger partial charge is 0.122 e. The third-order valence-corrected chi connectivity index (χ3v) is 3.53. The highest BCUT2D eigenvalue weighted by atomic mass is 16.5. The molecule has 0 aliphatic rings. The number of rotatable bonds is 9. The Morgan fingerprint density at radius 2 is 1.60 bits per heavy atom. The van der Waals surface area contributed by atoms with Gasteiger partial charge in [0.05, 0.1) is 14.2 Å². The summed E-state index contributed by atoms with van der Waals surface area (Å²) in [7, 11) is 3.44. The summed E-state index contributed by atoms with van der Waals surface area (Å²) in [6.07, 6.45) is 6.85. The molecule has 114 valence electrons. The van der Waals surface area contributed by atoms with Crippen molar-refractivity contribution in [3.8, 4) is 11.5 Å². The molecule has 20 heavy (non-hydrogen) atoms. The van der Waals surface area contributed by atoms with Crippen LogP contribution in [0.25, 0.3) is 0 Å². The molecule has 0 saturated carbocycles. The van der Waals surface area contributed by atoms with E-state index in [1.165, 1.54) is 31.2 Å². The van der Waals surface area contributed by atoms with Crippen molar-refractivity contribution in [2.24, 2.45) is 5.73 Å². The van der Waals surface area contributed by atoms with Crippen LogP contribution in [0.1, 0.15) is 50.7 Å². The molecule has 0 saturated heterocycles. The Morgan fingerprint density at radius 3 is 2.15 bits per heavy atom. The second kappa shape index (κ2) is 8.85. The Balaban J connectivity index is 2.88. The molecule has 0 amide bonds. The van der Waals surface area contributed by atoms with Crippen molar-refractivity contribution >= 4 is 0 Å². The zero-order chi connectivity index (χ0) is 15.0. The van der Waals surface area contributed by atoms with E-state index in [0.29, 0.717) is 0 Å². The Kier molecular flexibility index (Phi) is 7.45. The minimum absolute atomic E-state index is 0.115. The lowest BCUT2D eigenvalue weighted by molar-refractivity contribution is 0.393. The van der Waals surface area contributed by atoms with Crippen LogP contribution < -0.4 is 15.2 Å². The van der Waals surface area contributed by atoms with E-state index in [1.807, 2.05) is 6.92 Å². The number of hydrogen-bond donors (Lipinski definition) is 1. The van der Waals surface area contributed by atoms with Gasteiger partial charge in [0.25, 0.3) is 0 Å². The first kappa shape index (κ1) is 16.8. The van der Waals surface area contributed by atoms with Gasteiger partial charge < -0.3 is 15.2 Å². The largest absolute Gasteiger partial charge is 0.496 e. The van der Waals surface area contributed by atoms with Crippen molar-refractivity contribution in [1.29, 1.82) is 0 Å². The van der Waals surface area contributed by atoms with E-state index in [0.717, 1.165) is 29.9 Å². The van der Waals surface area contributed by atoms with Crippen LogP contribution in [-0.2, 0) is 12.8 Å². The van der Waals surface area contributed by atoms with E-state index in [2.05, 4.69) is 19.1 Å². The molecule has 1 aromatic rings. The maximum Gasteiger partial charge on any atom is 0.122 e. The number of benzene rings is 1. The van der Waals surface area contributed by atoms with Crippen molar-refractivity contribution in [2.75, 3.05) is 14.2 Å². The normalized spacial score (nSPS) is 12.2. The van der Waals surface area contributed by atoms with Crippen molar-refractivity contribution in [2.45, 2.75) is 58.4 Å². The van der Waals surface area contributed by atoms with Gasteiger partial charge in [0.2, 0.25) is 0 Å². The zero-order valence-corrected chi connectivity index (χ0v) is 13.4.